The molecule has 0 aliphatic carbocycles. The largest absolute Gasteiger partial charge is 0.493 e. The zero-order chi connectivity index (χ0) is 13.2. The van der Waals surface area contributed by atoms with Crippen molar-refractivity contribution >= 4 is 0 Å². The highest BCUT2D eigenvalue weighted by molar-refractivity contribution is 5.42. The zero-order valence-corrected chi connectivity index (χ0v) is 11.2. The maximum Gasteiger partial charge on any atom is 0.188 e. The second-order valence-corrected chi connectivity index (χ2v) is 3.71. The second kappa shape index (κ2) is 8.74. The average Bonchev–Trinajstić information content (AvgIpc) is 2.41. The van der Waals surface area contributed by atoms with E-state index in [9.17, 15) is 0 Å². The van der Waals surface area contributed by atoms with E-state index in [-0.39, 0.29) is 6.79 Å². The van der Waals surface area contributed by atoms with Gasteiger partial charge in [0.15, 0.2) is 18.3 Å². The van der Waals surface area contributed by atoms with Gasteiger partial charge in [0, 0.05) is 27.3 Å². The molecule has 0 aromatic heterocycles. The maximum absolute atomic E-state index is 5.39. The third kappa shape index (κ3) is 4.91. The summed E-state index contributed by atoms with van der Waals surface area (Å²) in [7, 11) is 4.89. The number of rotatable bonds is 9. The van der Waals surface area contributed by atoms with E-state index in [4.69, 9.17) is 18.9 Å². The summed E-state index contributed by atoms with van der Waals surface area (Å²) < 4.78 is 20.5. The fourth-order valence-corrected chi connectivity index (χ4v) is 1.47. The van der Waals surface area contributed by atoms with Gasteiger partial charge in [-0.1, -0.05) is 6.07 Å². The summed E-state index contributed by atoms with van der Waals surface area (Å²) in [5.41, 5.74) is 1.13. The summed E-state index contributed by atoms with van der Waals surface area (Å²) in [6, 6.07) is 5.82. The van der Waals surface area contributed by atoms with Crippen LogP contribution in [0.4, 0.5) is 0 Å². The van der Waals surface area contributed by atoms with E-state index in [0.29, 0.717) is 18.1 Å². The smallest absolute Gasteiger partial charge is 0.188 e. The van der Waals surface area contributed by atoms with Crippen molar-refractivity contribution in [3.05, 3.63) is 23.8 Å². The van der Waals surface area contributed by atoms with Gasteiger partial charge < -0.3 is 24.3 Å². The van der Waals surface area contributed by atoms with Crippen LogP contribution in [-0.4, -0.2) is 41.3 Å². The monoisotopic (exact) mass is 255 g/mol. The molecule has 0 atom stereocenters. The Balaban J connectivity index is 2.55. The molecule has 1 rings (SSSR count). The molecular weight excluding hydrogens is 234 g/mol. The molecule has 5 nitrogen and oxygen atoms in total. The van der Waals surface area contributed by atoms with E-state index in [2.05, 4.69) is 5.32 Å². The zero-order valence-electron chi connectivity index (χ0n) is 11.2. The molecule has 0 aliphatic heterocycles. The van der Waals surface area contributed by atoms with Crippen molar-refractivity contribution in [2.75, 3.05) is 41.3 Å². The molecule has 0 bridgehead atoms. The number of hydrogen-bond acceptors (Lipinski definition) is 5. The van der Waals surface area contributed by atoms with Crippen LogP contribution < -0.4 is 14.8 Å². The van der Waals surface area contributed by atoms with Crippen LogP contribution in [0.1, 0.15) is 5.56 Å². The minimum absolute atomic E-state index is 0.210. The van der Waals surface area contributed by atoms with Crippen molar-refractivity contribution < 1.29 is 18.9 Å². The lowest BCUT2D eigenvalue weighted by Gasteiger charge is -2.12. The van der Waals surface area contributed by atoms with Crippen LogP contribution in [0.2, 0.25) is 0 Å². The predicted molar refractivity (Wildman–Crippen MR) is 69.1 cm³/mol. The normalized spacial score (nSPS) is 10.4. The van der Waals surface area contributed by atoms with Crippen LogP contribution >= 0.6 is 0 Å². The Morgan fingerprint density at radius 1 is 1.06 bits per heavy atom. The molecule has 102 valence electrons. The van der Waals surface area contributed by atoms with Gasteiger partial charge in [0.05, 0.1) is 13.7 Å². The maximum atomic E-state index is 5.39. The van der Waals surface area contributed by atoms with Crippen molar-refractivity contribution in [3.63, 3.8) is 0 Å². The molecule has 0 saturated heterocycles. The molecule has 0 heterocycles. The number of nitrogens with one attached hydrogen (secondary N) is 1. The molecule has 0 unspecified atom stereocenters. The third-order valence-electron chi connectivity index (χ3n) is 2.37. The summed E-state index contributed by atoms with van der Waals surface area (Å²) in [4.78, 5) is 0. The van der Waals surface area contributed by atoms with Crippen LogP contribution in [0.25, 0.3) is 0 Å². The van der Waals surface area contributed by atoms with Gasteiger partial charge in [-0.2, -0.15) is 0 Å². The van der Waals surface area contributed by atoms with Crippen molar-refractivity contribution in [2.45, 2.75) is 6.54 Å². The summed E-state index contributed by atoms with van der Waals surface area (Å²) in [5.74, 6) is 1.39. The lowest BCUT2D eigenvalue weighted by atomic mass is 10.2. The Hall–Kier alpha value is -1.30. The number of ether oxygens (including phenoxy) is 4. The standard InChI is InChI=1S/C13H21NO4/c1-15-7-6-14-9-11-4-5-12(18-10-16-2)13(8-11)17-3/h4-5,8,14H,6-7,9-10H2,1-3H3. The first-order chi connectivity index (χ1) is 8.81. The summed E-state index contributed by atoms with van der Waals surface area (Å²) in [5, 5.41) is 3.27. The minimum Gasteiger partial charge on any atom is -0.493 e. The molecule has 0 fully saturated rings. The number of benzene rings is 1. The van der Waals surface area contributed by atoms with Gasteiger partial charge >= 0.3 is 0 Å². The van der Waals surface area contributed by atoms with E-state index < -0.39 is 0 Å². The van der Waals surface area contributed by atoms with Gasteiger partial charge in [-0.15, -0.1) is 0 Å². The molecule has 1 aromatic carbocycles. The summed E-state index contributed by atoms with van der Waals surface area (Å²) in [6.07, 6.45) is 0. The summed E-state index contributed by atoms with van der Waals surface area (Å²) >= 11 is 0. The molecule has 5 heteroatoms. The van der Waals surface area contributed by atoms with Crippen molar-refractivity contribution in [1.29, 1.82) is 0 Å². The van der Waals surface area contributed by atoms with E-state index in [1.165, 1.54) is 0 Å². The fourth-order valence-electron chi connectivity index (χ4n) is 1.47. The minimum atomic E-state index is 0.210. The SMILES string of the molecule is COCCNCc1ccc(OCOC)c(OC)c1. The highest BCUT2D eigenvalue weighted by Gasteiger charge is 2.05. The van der Waals surface area contributed by atoms with Gasteiger partial charge in [-0.05, 0) is 17.7 Å². The van der Waals surface area contributed by atoms with Crippen molar-refractivity contribution in [3.8, 4) is 11.5 Å². The fraction of sp³-hybridized carbons (Fsp3) is 0.538. The Bertz CT molecular complexity index is 344. The first-order valence-electron chi connectivity index (χ1n) is 5.80. The molecule has 0 spiro atoms. The number of methoxy groups -OCH3 is 3. The molecule has 1 aromatic rings. The van der Waals surface area contributed by atoms with Crippen LogP contribution in [0.15, 0.2) is 18.2 Å². The van der Waals surface area contributed by atoms with Crippen molar-refractivity contribution in [1.82, 2.24) is 5.32 Å². The lowest BCUT2D eigenvalue weighted by molar-refractivity contribution is 0.0491. The third-order valence-corrected chi connectivity index (χ3v) is 2.37. The quantitative estimate of drug-likeness (QED) is 0.534. The molecule has 0 aliphatic rings. The van der Waals surface area contributed by atoms with Crippen LogP contribution in [0, 0.1) is 0 Å². The van der Waals surface area contributed by atoms with E-state index in [1.54, 1.807) is 21.3 Å². The topological polar surface area (TPSA) is 49.0 Å². The Kier molecular flexibility index (Phi) is 7.17. The lowest BCUT2D eigenvalue weighted by Crippen LogP contribution is -2.18. The highest BCUT2D eigenvalue weighted by Crippen LogP contribution is 2.27. The molecule has 18 heavy (non-hydrogen) atoms. The Morgan fingerprint density at radius 3 is 2.56 bits per heavy atom. The molecule has 0 amide bonds. The van der Waals surface area contributed by atoms with Crippen LogP contribution in [-0.2, 0) is 16.0 Å². The molecule has 0 saturated carbocycles. The molecule has 0 radical (unpaired) electrons. The predicted octanol–water partition coefficient (Wildman–Crippen LogP) is 1.41. The van der Waals surface area contributed by atoms with Crippen LogP contribution in [0.3, 0.4) is 0 Å². The van der Waals surface area contributed by atoms with Gasteiger partial charge in [0.25, 0.3) is 0 Å². The molecular formula is C13H21NO4. The van der Waals surface area contributed by atoms with Gasteiger partial charge in [0.1, 0.15) is 0 Å². The summed E-state index contributed by atoms with van der Waals surface area (Å²) in [6.45, 7) is 2.50. The molecule has 1 N–H and O–H groups in total. The Morgan fingerprint density at radius 2 is 1.89 bits per heavy atom. The first-order valence-corrected chi connectivity index (χ1v) is 5.80. The Labute approximate surface area is 108 Å². The van der Waals surface area contributed by atoms with Gasteiger partial charge in [0.2, 0.25) is 0 Å². The average molecular weight is 255 g/mol. The first kappa shape index (κ1) is 14.8. The highest BCUT2D eigenvalue weighted by atomic mass is 16.7. The van der Waals surface area contributed by atoms with Gasteiger partial charge in [-0.25, -0.2) is 0 Å². The van der Waals surface area contributed by atoms with E-state index >= 15 is 0 Å². The van der Waals surface area contributed by atoms with Crippen molar-refractivity contribution in [2.24, 2.45) is 0 Å². The second-order valence-electron chi connectivity index (χ2n) is 3.71. The van der Waals surface area contributed by atoms with Crippen LogP contribution in [0.5, 0.6) is 11.5 Å². The van der Waals surface area contributed by atoms with E-state index in [0.717, 1.165) is 18.7 Å². The van der Waals surface area contributed by atoms with Gasteiger partial charge in [-0.3, -0.25) is 0 Å². The van der Waals surface area contributed by atoms with E-state index in [1.807, 2.05) is 18.2 Å². The number of hydrogen-bond donors (Lipinski definition) is 1.